The Balaban J connectivity index is 2.16. The molecule has 0 aromatic heterocycles. The first-order valence-corrected chi connectivity index (χ1v) is 6.93. The highest BCUT2D eigenvalue weighted by atomic mass is 35.5. The molecule has 0 aliphatic heterocycles. The molecule has 0 saturated carbocycles. The fraction of sp³-hybridized carbons (Fsp3) is 0.250. The maximum absolute atomic E-state index is 6.29. The summed E-state index contributed by atoms with van der Waals surface area (Å²) in [6.45, 7) is 1.18. The molecular formula is C16H19ClN2O. The summed E-state index contributed by atoms with van der Waals surface area (Å²) >= 11 is 6.29. The van der Waals surface area contributed by atoms with Crippen molar-refractivity contribution in [1.29, 1.82) is 0 Å². The first kappa shape index (κ1) is 14.9. The van der Waals surface area contributed by atoms with Crippen molar-refractivity contribution in [3.05, 3.63) is 64.7 Å². The van der Waals surface area contributed by atoms with Crippen LogP contribution in [0.1, 0.15) is 17.2 Å². The van der Waals surface area contributed by atoms with Crippen LogP contribution in [0.4, 0.5) is 0 Å². The van der Waals surface area contributed by atoms with E-state index in [-0.39, 0.29) is 6.04 Å². The van der Waals surface area contributed by atoms with Crippen molar-refractivity contribution in [2.24, 2.45) is 5.73 Å². The van der Waals surface area contributed by atoms with Crippen molar-refractivity contribution >= 4 is 11.6 Å². The van der Waals surface area contributed by atoms with E-state index in [1.54, 1.807) is 7.11 Å². The van der Waals surface area contributed by atoms with Gasteiger partial charge < -0.3 is 15.8 Å². The highest BCUT2D eigenvalue weighted by molar-refractivity contribution is 6.31. The summed E-state index contributed by atoms with van der Waals surface area (Å²) in [6, 6.07) is 15.8. The molecule has 3 nitrogen and oxygen atoms in total. The van der Waals surface area contributed by atoms with Crippen LogP contribution in [-0.2, 0) is 6.54 Å². The van der Waals surface area contributed by atoms with Crippen LogP contribution >= 0.6 is 11.6 Å². The van der Waals surface area contributed by atoms with Gasteiger partial charge in [-0.05, 0) is 17.7 Å². The number of nitrogens with one attached hydrogen (secondary N) is 1. The number of benzene rings is 2. The molecule has 0 bridgehead atoms. The minimum atomic E-state index is -0.0427. The van der Waals surface area contributed by atoms with Gasteiger partial charge in [0, 0.05) is 29.7 Å². The number of hydrogen-bond acceptors (Lipinski definition) is 3. The van der Waals surface area contributed by atoms with Crippen LogP contribution < -0.4 is 15.8 Å². The molecule has 0 aliphatic carbocycles. The third-order valence-electron chi connectivity index (χ3n) is 3.21. The summed E-state index contributed by atoms with van der Waals surface area (Å²) in [7, 11) is 1.64. The Bertz CT molecular complexity index is 545. The van der Waals surface area contributed by atoms with Crippen molar-refractivity contribution in [2.75, 3.05) is 13.7 Å². The molecule has 0 aliphatic rings. The van der Waals surface area contributed by atoms with Gasteiger partial charge >= 0.3 is 0 Å². The molecule has 106 valence electrons. The monoisotopic (exact) mass is 290 g/mol. The zero-order valence-electron chi connectivity index (χ0n) is 11.5. The molecule has 2 aromatic carbocycles. The van der Waals surface area contributed by atoms with Gasteiger partial charge in [-0.1, -0.05) is 48.0 Å². The van der Waals surface area contributed by atoms with Gasteiger partial charge in [0.05, 0.1) is 7.11 Å². The first-order chi connectivity index (χ1) is 9.76. The van der Waals surface area contributed by atoms with Gasteiger partial charge in [0.25, 0.3) is 0 Å². The van der Waals surface area contributed by atoms with Crippen LogP contribution in [0.15, 0.2) is 48.5 Å². The molecule has 0 radical (unpaired) electrons. The molecule has 0 saturated heterocycles. The Morgan fingerprint density at radius 1 is 1.15 bits per heavy atom. The minimum Gasteiger partial charge on any atom is -0.496 e. The van der Waals surface area contributed by atoms with E-state index < -0.39 is 0 Å². The summed E-state index contributed by atoms with van der Waals surface area (Å²) in [6.07, 6.45) is 0. The van der Waals surface area contributed by atoms with Crippen molar-refractivity contribution in [1.82, 2.24) is 5.32 Å². The molecule has 0 fully saturated rings. The van der Waals surface area contributed by atoms with E-state index in [1.165, 1.54) is 5.56 Å². The Labute approximate surface area is 124 Å². The lowest BCUT2D eigenvalue weighted by atomic mass is 10.0. The molecule has 2 rings (SSSR count). The molecule has 1 atom stereocenters. The molecule has 1 unspecified atom stereocenters. The molecular weight excluding hydrogens is 272 g/mol. The van der Waals surface area contributed by atoms with Crippen LogP contribution in [0.3, 0.4) is 0 Å². The summed E-state index contributed by atoms with van der Waals surface area (Å²) in [5.74, 6) is 0.758. The topological polar surface area (TPSA) is 47.3 Å². The van der Waals surface area contributed by atoms with E-state index >= 15 is 0 Å². The number of ether oxygens (including phenoxy) is 1. The average Bonchev–Trinajstić information content (AvgIpc) is 2.50. The van der Waals surface area contributed by atoms with E-state index in [2.05, 4.69) is 17.4 Å². The zero-order chi connectivity index (χ0) is 14.4. The molecule has 2 aromatic rings. The highest BCUT2D eigenvalue weighted by Gasteiger charge is 2.17. The van der Waals surface area contributed by atoms with Gasteiger partial charge in [0.1, 0.15) is 5.75 Å². The standard InChI is InChI=1S/C16H19ClN2O/c1-20-15-9-5-8-13(17)16(15)14(10-18)19-11-12-6-3-2-4-7-12/h2-9,14,19H,10-11,18H2,1H3. The van der Waals surface area contributed by atoms with Gasteiger partial charge in [-0.2, -0.15) is 0 Å². The highest BCUT2D eigenvalue weighted by Crippen LogP contribution is 2.31. The lowest BCUT2D eigenvalue weighted by Gasteiger charge is -2.21. The van der Waals surface area contributed by atoms with E-state index in [0.717, 1.165) is 17.9 Å². The number of halogens is 1. The van der Waals surface area contributed by atoms with Gasteiger partial charge in [-0.15, -0.1) is 0 Å². The Hall–Kier alpha value is -1.55. The second-order valence-electron chi connectivity index (χ2n) is 4.51. The molecule has 3 N–H and O–H groups in total. The second-order valence-corrected chi connectivity index (χ2v) is 4.92. The predicted octanol–water partition coefficient (Wildman–Crippen LogP) is 3.14. The van der Waals surface area contributed by atoms with Crippen molar-refractivity contribution in [2.45, 2.75) is 12.6 Å². The lowest BCUT2D eigenvalue weighted by Crippen LogP contribution is -2.28. The van der Waals surface area contributed by atoms with Crippen LogP contribution in [0.5, 0.6) is 5.75 Å². The maximum Gasteiger partial charge on any atom is 0.125 e. The van der Waals surface area contributed by atoms with Crippen molar-refractivity contribution in [3.8, 4) is 5.75 Å². The van der Waals surface area contributed by atoms with Gasteiger partial charge in [0.15, 0.2) is 0 Å². The average molecular weight is 291 g/mol. The quantitative estimate of drug-likeness (QED) is 0.859. The van der Waals surface area contributed by atoms with Crippen LogP contribution in [0, 0.1) is 0 Å². The third kappa shape index (κ3) is 3.51. The normalized spacial score (nSPS) is 12.2. The van der Waals surface area contributed by atoms with Gasteiger partial charge in [-0.25, -0.2) is 0 Å². The largest absolute Gasteiger partial charge is 0.496 e. The number of nitrogens with two attached hydrogens (primary N) is 1. The molecule has 0 amide bonds. The zero-order valence-corrected chi connectivity index (χ0v) is 12.2. The van der Waals surface area contributed by atoms with Crippen LogP contribution in [-0.4, -0.2) is 13.7 Å². The summed E-state index contributed by atoms with van der Waals surface area (Å²) in [5.41, 5.74) is 8.00. The maximum atomic E-state index is 6.29. The molecule has 0 heterocycles. The van der Waals surface area contributed by atoms with E-state index in [9.17, 15) is 0 Å². The van der Waals surface area contributed by atoms with E-state index in [4.69, 9.17) is 22.1 Å². The molecule has 0 spiro atoms. The number of methoxy groups -OCH3 is 1. The van der Waals surface area contributed by atoms with Gasteiger partial charge in [-0.3, -0.25) is 0 Å². The fourth-order valence-electron chi connectivity index (χ4n) is 2.17. The van der Waals surface area contributed by atoms with E-state index in [1.807, 2.05) is 36.4 Å². The van der Waals surface area contributed by atoms with Crippen molar-refractivity contribution in [3.63, 3.8) is 0 Å². The summed E-state index contributed by atoms with van der Waals surface area (Å²) in [5, 5.41) is 4.10. The Kier molecular flexibility index (Phi) is 5.41. The Morgan fingerprint density at radius 2 is 1.90 bits per heavy atom. The number of hydrogen-bond donors (Lipinski definition) is 2. The predicted molar refractivity (Wildman–Crippen MR) is 83.1 cm³/mol. The van der Waals surface area contributed by atoms with Crippen LogP contribution in [0.2, 0.25) is 5.02 Å². The first-order valence-electron chi connectivity index (χ1n) is 6.56. The molecule has 20 heavy (non-hydrogen) atoms. The van der Waals surface area contributed by atoms with Crippen LogP contribution in [0.25, 0.3) is 0 Å². The smallest absolute Gasteiger partial charge is 0.125 e. The third-order valence-corrected chi connectivity index (χ3v) is 3.54. The fourth-order valence-corrected chi connectivity index (χ4v) is 2.47. The summed E-state index contributed by atoms with van der Waals surface area (Å²) < 4.78 is 5.38. The number of rotatable bonds is 6. The SMILES string of the molecule is COc1cccc(Cl)c1C(CN)NCc1ccccc1. The van der Waals surface area contributed by atoms with Crippen molar-refractivity contribution < 1.29 is 4.74 Å². The van der Waals surface area contributed by atoms with E-state index in [0.29, 0.717) is 11.6 Å². The second kappa shape index (κ2) is 7.29. The summed E-state index contributed by atoms with van der Waals surface area (Å²) in [4.78, 5) is 0. The lowest BCUT2D eigenvalue weighted by molar-refractivity contribution is 0.399. The molecule has 4 heteroatoms. The Morgan fingerprint density at radius 3 is 2.55 bits per heavy atom. The minimum absolute atomic E-state index is 0.0427. The van der Waals surface area contributed by atoms with Gasteiger partial charge in [0.2, 0.25) is 0 Å².